The molecule has 0 radical (unpaired) electrons. The first-order chi connectivity index (χ1) is 13.1. The van der Waals surface area contributed by atoms with E-state index in [4.69, 9.17) is 4.74 Å². The zero-order valence-corrected chi connectivity index (χ0v) is 15.8. The fraction of sp³-hybridized carbons (Fsp3) is 0.0476. The van der Waals surface area contributed by atoms with Gasteiger partial charge in [0, 0.05) is 15.6 Å². The van der Waals surface area contributed by atoms with E-state index in [2.05, 4.69) is 26.5 Å². The summed E-state index contributed by atoms with van der Waals surface area (Å²) in [4.78, 5) is 12.0. The number of amides is 1. The summed E-state index contributed by atoms with van der Waals surface area (Å²) in [6.45, 7) is 0.422. The fourth-order valence-corrected chi connectivity index (χ4v) is 2.69. The van der Waals surface area contributed by atoms with Crippen LogP contribution in [0.3, 0.4) is 0 Å². The molecule has 0 atom stereocenters. The molecule has 0 fully saturated rings. The molecule has 0 aliphatic heterocycles. The average molecular weight is 427 g/mol. The minimum Gasteiger partial charge on any atom is -0.488 e. The van der Waals surface area contributed by atoms with Crippen molar-refractivity contribution in [3.05, 3.63) is 99.8 Å². The molecule has 3 aromatic rings. The van der Waals surface area contributed by atoms with Crippen LogP contribution < -0.4 is 10.2 Å². The van der Waals surface area contributed by atoms with Gasteiger partial charge in [-0.25, -0.2) is 9.82 Å². The van der Waals surface area contributed by atoms with E-state index in [-0.39, 0.29) is 0 Å². The zero-order valence-electron chi connectivity index (χ0n) is 14.2. The number of carbonyl (C=O) groups is 1. The Morgan fingerprint density at radius 2 is 1.81 bits per heavy atom. The molecule has 4 nitrogen and oxygen atoms in total. The van der Waals surface area contributed by atoms with Gasteiger partial charge in [-0.15, -0.1) is 0 Å². The lowest BCUT2D eigenvalue weighted by Gasteiger charge is -2.09. The van der Waals surface area contributed by atoms with Gasteiger partial charge in [0.1, 0.15) is 18.2 Å². The number of hydrogen-bond acceptors (Lipinski definition) is 3. The second kappa shape index (κ2) is 9.09. The van der Waals surface area contributed by atoms with Crippen LogP contribution >= 0.6 is 15.9 Å². The van der Waals surface area contributed by atoms with Gasteiger partial charge in [0.05, 0.1) is 6.21 Å². The molecule has 3 rings (SSSR count). The molecule has 0 bridgehead atoms. The molecule has 27 heavy (non-hydrogen) atoms. The van der Waals surface area contributed by atoms with Crippen molar-refractivity contribution < 1.29 is 13.9 Å². The van der Waals surface area contributed by atoms with E-state index in [1.807, 2.05) is 48.5 Å². The Morgan fingerprint density at radius 3 is 2.56 bits per heavy atom. The molecule has 136 valence electrons. The molecule has 0 spiro atoms. The van der Waals surface area contributed by atoms with Crippen LogP contribution in [0.1, 0.15) is 21.5 Å². The van der Waals surface area contributed by atoms with Crippen LogP contribution in [-0.2, 0) is 6.61 Å². The number of hydrogen-bond donors (Lipinski definition) is 1. The molecule has 0 unspecified atom stereocenters. The van der Waals surface area contributed by atoms with Gasteiger partial charge >= 0.3 is 0 Å². The van der Waals surface area contributed by atoms with Gasteiger partial charge in [-0.3, -0.25) is 4.79 Å². The van der Waals surface area contributed by atoms with Gasteiger partial charge in [0.2, 0.25) is 0 Å². The van der Waals surface area contributed by atoms with Crippen LogP contribution in [0.5, 0.6) is 5.75 Å². The van der Waals surface area contributed by atoms with Crippen LogP contribution in [0.4, 0.5) is 4.39 Å². The molecular weight excluding hydrogens is 411 g/mol. The fourth-order valence-electron chi connectivity index (χ4n) is 2.31. The van der Waals surface area contributed by atoms with Crippen molar-refractivity contribution in [3.63, 3.8) is 0 Å². The van der Waals surface area contributed by atoms with Gasteiger partial charge in [-0.05, 0) is 48.0 Å². The molecule has 3 aromatic carbocycles. The first kappa shape index (κ1) is 18.8. The zero-order chi connectivity index (χ0) is 19.1. The van der Waals surface area contributed by atoms with Crippen LogP contribution in [-0.4, -0.2) is 12.1 Å². The smallest absolute Gasteiger partial charge is 0.271 e. The molecule has 0 aliphatic carbocycles. The highest BCUT2D eigenvalue weighted by Crippen LogP contribution is 2.22. The van der Waals surface area contributed by atoms with E-state index in [1.165, 1.54) is 30.5 Å². The third-order valence-electron chi connectivity index (χ3n) is 3.69. The van der Waals surface area contributed by atoms with Crippen molar-refractivity contribution in [3.8, 4) is 5.75 Å². The lowest BCUT2D eigenvalue weighted by molar-refractivity contribution is 0.0955. The normalized spacial score (nSPS) is 10.7. The Hall–Kier alpha value is -2.99. The number of benzene rings is 3. The Bertz CT molecular complexity index is 944. The summed E-state index contributed by atoms with van der Waals surface area (Å²) in [7, 11) is 0. The van der Waals surface area contributed by atoms with Crippen molar-refractivity contribution in [1.82, 2.24) is 5.43 Å². The Morgan fingerprint density at radius 1 is 1.07 bits per heavy atom. The summed E-state index contributed by atoms with van der Waals surface area (Å²) in [6, 6.07) is 20.6. The standard InChI is InChI=1S/C21H16BrFN2O2/c22-18-8-11-20(27-14-15-4-2-1-3-5-15)17(12-18)13-24-25-21(26)16-6-9-19(23)10-7-16/h1-13H,14H2,(H,25,26)/b24-13+. The number of nitrogens with one attached hydrogen (secondary N) is 1. The Balaban J connectivity index is 1.68. The molecule has 1 N–H and O–H groups in total. The SMILES string of the molecule is O=C(N/N=C/c1cc(Br)ccc1OCc1ccccc1)c1ccc(F)cc1. The van der Waals surface area contributed by atoms with E-state index in [0.717, 1.165) is 10.0 Å². The monoisotopic (exact) mass is 426 g/mol. The Labute approximate surface area is 164 Å². The number of carbonyl (C=O) groups excluding carboxylic acids is 1. The van der Waals surface area contributed by atoms with Crippen LogP contribution in [0.2, 0.25) is 0 Å². The molecular formula is C21H16BrFN2O2. The molecule has 0 saturated heterocycles. The number of nitrogens with zero attached hydrogens (tertiary/aromatic N) is 1. The van der Waals surface area contributed by atoms with Gasteiger partial charge in [-0.2, -0.15) is 5.10 Å². The third-order valence-corrected chi connectivity index (χ3v) is 4.18. The van der Waals surface area contributed by atoms with Crippen LogP contribution in [0.15, 0.2) is 82.4 Å². The van der Waals surface area contributed by atoms with Gasteiger partial charge in [-0.1, -0.05) is 46.3 Å². The lowest BCUT2D eigenvalue weighted by atomic mass is 10.2. The average Bonchev–Trinajstić information content (AvgIpc) is 2.68. The van der Waals surface area contributed by atoms with E-state index in [1.54, 1.807) is 0 Å². The largest absolute Gasteiger partial charge is 0.488 e. The maximum Gasteiger partial charge on any atom is 0.271 e. The van der Waals surface area contributed by atoms with E-state index < -0.39 is 11.7 Å². The highest BCUT2D eigenvalue weighted by molar-refractivity contribution is 9.10. The van der Waals surface area contributed by atoms with Gasteiger partial charge in [0.15, 0.2) is 0 Å². The molecule has 0 aliphatic rings. The maximum atomic E-state index is 12.9. The summed E-state index contributed by atoms with van der Waals surface area (Å²) >= 11 is 3.42. The van der Waals surface area contributed by atoms with Gasteiger partial charge < -0.3 is 4.74 Å². The topological polar surface area (TPSA) is 50.7 Å². The third kappa shape index (κ3) is 5.49. The minimum absolute atomic E-state index is 0.323. The van der Waals surface area contributed by atoms with Crippen LogP contribution in [0, 0.1) is 5.82 Å². The van der Waals surface area contributed by atoms with E-state index in [0.29, 0.717) is 23.5 Å². The molecule has 1 amide bonds. The van der Waals surface area contributed by atoms with Crippen LogP contribution in [0.25, 0.3) is 0 Å². The summed E-state index contributed by atoms with van der Waals surface area (Å²) in [5.74, 6) is -0.181. The second-order valence-corrected chi connectivity index (χ2v) is 6.58. The second-order valence-electron chi connectivity index (χ2n) is 5.66. The van der Waals surface area contributed by atoms with Crippen molar-refractivity contribution in [1.29, 1.82) is 0 Å². The summed E-state index contributed by atoms with van der Waals surface area (Å²) < 4.78 is 19.7. The van der Waals surface area contributed by atoms with E-state index in [9.17, 15) is 9.18 Å². The predicted octanol–water partition coefficient (Wildman–Crippen LogP) is 4.93. The first-order valence-electron chi connectivity index (χ1n) is 8.17. The first-order valence-corrected chi connectivity index (χ1v) is 8.96. The predicted molar refractivity (Wildman–Crippen MR) is 106 cm³/mol. The number of halogens is 2. The Kier molecular flexibility index (Phi) is 6.33. The minimum atomic E-state index is -0.423. The highest BCUT2D eigenvalue weighted by atomic mass is 79.9. The van der Waals surface area contributed by atoms with Gasteiger partial charge in [0.25, 0.3) is 5.91 Å². The van der Waals surface area contributed by atoms with Crippen molar-refractivity contribution in [2.24, 2.45) is 5.10 Å². The summed E-state index contributed by atoms with van der Waals surface area (Å²) in [5.41, 5.74) is 4.50. The number of rotatable bonds is 6. The molecule has 0 aromatic heterocycles. The number of hydrazone groups is 1. The van der Waals surface area contributed by atoms with Crippen molar-refractivity contribution in [2.75, 3.05) is 0 Å². The highest BCUT2D eigenvalue weighted by Gasteiger charge is 2.06. The van der Waals surface area contributed by atoms with E-state index >= 15 is 0 Å². The molecule has 6 heteroatoms. The maximum absolute atomic E-state index is 12.9. The molecule has 0 heterocycles. The van der Waals surface area contributed by atoms with Crippen molar-refractivity contribution >= 4 is 28.1 Å². The quantitative estimate of drug-likeness (QED) is 0.448. The van der Waals surface area contributed by atoms with Crippen molar-refractivity contribution in [2.45, 2.75) is 6.61 Å². The summed E-state index contributed by atoms with van der Waals surface area (Å²) in [6.07, 6.45) is 1.51. The lowest BCUT2D eigenvalue weighted by Crippen LogP contribution is -2.17. The molecule has 0 saturated carbocycles. The summed E-state index contributed by atoms with van der Waals surface area (Å²) in [5, 5.41) is 3.98. The number of ether oxygens (including phenoxy) is 1.